The molecule has 3 heterocycles. The van der Waals surface area contributed by atoms with E-state index in [2.05, 4.69) is 15.2 Å². The summed E-state index contributed by atoms with van der Waals surface area (Å²) in [5.41, 5.74) is 2.37. The Hall–Kier alpha value is -2.44. The van der Waals surface area contributed by atoms with Gasteiger partial charge in [-0.3, -0.25) is 14.6 Å². The van der Waals surface area contributed by atoms with Gasteiger partial charge in [0.1, 0.15) is 0 Å². The molecular formula is C22H25ClN4O2. The molecule has 2 aliphatic rings. The molecule has 2 fully saturated rings. The van der Waals surface area contributed by atoms with Crippen molar-refractivity contribution in [3.63, 3.8) is 0 Å². The van der Waals surface area contributed by atoms with Gasteiger partial charge in [0.25, 0.3) is 5.91 Å². The Morgan fingerprint density at radius 2 is 1.93 bits per heavy atom. The fourth-order valence-electron chi connectivity index (χ4n) is 4.26. The largest absolute Gasteiger partial charge is 0.338 e. The van der Waals surface area contributed by atoms with Crippen LogP contribution in [0, 0.1) is 18.8 Å². The number of carbonyl (C=O) groups excluding carboxylic acids is 2. The normalized spacial score (nSPS) is 21.2. The van der Waals surface area contributed by atoms with Crippen LogP contribution >= 0.6 is 11.6 Å². The quantitative estimate of drug-likeness (QED) is 0.819. The Bertz CT molecular complexity index is 891. The third kappa shape index (κ3) is 4.60. The van der Waals surface area contributed by atoms with Gasteiger partial charge in [0, 0.05) is 62.2 Å². The minimum Gasteiger partial charge on any atom is -0.338 e. The average molecular weight is 413 g/mol. The van der Waals surface area contributed by atoms with Crippen LogP contribution < -0.4 is 5.32 Å². The number of halogens is 1. The van der Waals surface area contributed by atoms with Gasteiger partial charge in [-0.15, -0.1) is 0 Å². The molecule has 1 N–H and O–H groups in total. The number of amides is 2. The third-order valence-electron chi connectivity index (χ3n) is 5.87. The lowest BCUT2D eigenvalue weighted by Gasteiger charge is -2.21. The van der Waals surface area contributed by atoms with Gasteiger partial charge in [-0.1, -0.05) is 17.7 Å². The summed E-state index contributed by atoms with van der Waals surface area (Å²) in [5.74, 6) is 1.02. The summed E-state index contributed by atoms with van der Waals surface area (Å²) in [5, 5.41) is 3.57. The summed E-state index contributed by atoms with van der Waals surface area (Å²) < 4.78 is 0. The maximum atomic E-state index is 12.6. The van der Waals surface area contributed by atoms with Crippen molar-refractivity contribution in [2.75, 3.05) is 38.0 Å². The van der Waals surface area contributed by atoms with Gasteiger partial charge >= 0.3 is 0 Å². The molecule has 7 heteroatoms. The number of aryl methyl sites for hydroxylation is 1. The molecular weight excluding hydrogens is 388 g/mol. The number of benzene rings is 1. The van der Waals surface area contributed by atoms with Crippen LogP contribution in [0.5, 0.6) is 0 Å². The molecule has 2 amide bonds. The van der Waals surface area contributed by atoms with Crippen molar-refractivity contribution in [1.29, 1.82) is 0 Å². The van der Waals surface area contributed by atoms with Crippen molar-refractivity contribution in [3.05, 3.63) is 58.9 Å². The van der Waals surface area contributed by atoms with Gasteiger partial charge in [0.05, 0.1) is 5.56 Å². The lowest BCUT2D eigenvalue weighted by atomic mass is 10.0. The molecule has 0 radical (unpaired) electrons. The monoisotopic (exact) mass is 412 g/mol. The number of nitrogens with one attached hydrogen (secondary N) is 1. The van der Waals surface area contributed by atoms with Crippen molar-refractivity contribution in [1.82, 2.24) is 14.8 Å². The van der Waals surface area contributed by atoms with Crippen LogP contribution in [0.1, 0.15) is 22.3 Å². The zero-order valence-corrected chi connectivity index (χ0v) is 17.2. The molecule has 2 atom stereocenters. The fourth-order valence-corrected chi connectivity index (χ4v) is 4.44. The molecule has 2 aromatic rings. The van der Waals surface area contributed by atoms with Gasteiger partial charge in [-0.05, 0) is 48.6 Å². The maximum Gasteiger partial charge on any atom is 0.255 e. The van der Waals surface area contributed by atoms with E-state index in [0.717, 1.165) is 44.0 Å². The van der Waals surface area contributed by atoms with Crippen LogP contribution in [0.15, 0.2) is 42.7 Å². The number of carbonyl (C=O) groups is 2. The molecule has 0 aliphatic carbocycles. The van der Waals surface area contributed by atoms with Gasteiger partial charge in [0.15, 0.2) is 0 Å². The Labute approximate surface area is 175 Å². The Kier molecular flexibility index (Phi) is 5.83. The summed E-state index contributed by atoms with van der Waals surface area (Å²) >= 11 is 6.11. The Morgan fingerprint density at radius 1 is 1.17 bits per heavy atom. The van der Waals surface area contributed by atoms with E-state index in [4.69, 9.17) is 11.6 Å². The Balaban J connectivity index is 1.23. The number of aromatic nitrogens is 1. The van der Waals surface area contributed by atoms with Crippen molar-refractivity contribution < 1.29 is 9.59 Å². The smallest absolute Gasteiger partial charge is 0.255 e. The average Bonchev–Trinajstić information content (AvgIpc) is 3.28. The first kappa shape index (κ1) is 19.9. The standard InChI is InChI=1S/C22H25ClN4O2/c1-15-4-5-19(9-20(15)23)25-21(28)6-8-26-11-17-13-27(14-18(17)12-26)22(29)16-3-2-7-24-10-16/h2-5,7,9-10,17-18H,6,8,11-14H2,1H3,(H,25,28). The zero-order chi connectivity index (χ0) is 20.4. The van der Waals surface area contributed by atoms with Crippen LogP contribution in [0.3, 0.4) is 0 Å². The first-order valence-corrected chi connectivity index (χ1v) is 10.3. The predicted molar refractivity (Wildman–Crippen MR) is 113 cm³/mol. The van der Waals surface area contributed by atoms with Crippen molar-refractivity contribution >= 4 is 29.1 Å². The molecule has 0 bridgehead atoms. The molecule has 2 aliphatic heterocycles. The van der Waals surface area contributed by atoms with Crippen LogP contribution in [0.25, 0.3) is 0 Å². The summed E-state index contributed by atoms with van der Waals surface area (Å²) in [6, 6.07) is 9.16. The number of anilines is 1. The highest BCUT2D eigenvalue weighted by atomic mass is 35.5. The first-order chi connectivity index (χ1) is 14.0. The molecule has 0 saturated carbocycles. The highest BCUT2D eigenvalue weighted by Crippen LogP contribution is 2.32. The number of hydrogen-bond donors (Lipinski definition) is 1. The molecule has 2 unspecified atom stereocenters. The van der Waals surface area contributed by atoms with E-state index in [0.29, 0.717) is 28.8 Å². The summed E-state index contributed by atoms with van der Waals surface area (Å²) in [7, 11) is 0. The van der Waals surface area contributed by atoms with Crippen LogP contribution in [-0.2, 0) is 4.79 Å². The van der Waals surface area contributed by atoms with Crippen LogP contribution in [0.2, 0.25) is 5.02 Å². The van der Waals surface area contributed by atoms with E-state index < -0.39 is 0 Å². The second-order valence-electron chi connectivity index (χ2n) is 7.99. The molecule has 1 aromatic heterocycles. The SMILES string of the molecule is Cc1ccc(NC(=O)CCN2CC3CN(C(=O)c4cccnc4)CC3C2)cc1Cl. The molecule has 4 rings (SSSR count). The maximum absolute atomic E-state index is 12.6. The van der Waals surface area contributed by atoms with Crippen LogP contribution in [0.4, 0.5) is 5.69 Å². The van der Waals surface area contributed by atoms with E-state index in [-0.39, 0.29) is 11.8 Å². The van der Waals surface area contributed by atoms with Gasteiger partial charge in [-0.2, -0.15) is 0 Å². The van der Waals surface area contributed by atoms with E-state index in [1.54, 1.807) is 24.5 Å². The highest BCUT2D eigenvalue weighted by Gasteiger charge is 2.41. The molecule has 0 spiro atoms. The van der Waals surface area contributed by atoms with Gasteiger partial charge in [0.2, 0.25) is 5.91 Å². The minimum absolute atomic E-state index is 0.00430. The number of hydrogen-bond acceptors (Lipinski definition) is 4. The minimum atomic E-state index is -0.00430. The summed E-state index contributed by atoms with van der Waals surface area (Å²) in [4.78, 5) is 33.2. The zero-order valence-electron chi connectivity index (χ0n) is 16.5. The molecule has 29 heavy (non-hydrogen) atoms. The van der Waals surface area contributed by atoms with Gasteiger partial charge in [-0.25, -0.2) is 0 Å². The lowest BCUT2D eigenvalue weighted by molar-refractivity contribution is -0.116. The molecule has 1 aromatic carbocycles. The second-order valence-corrected chi connectivity index (χ2v) is 8.40. The second kappa shape index (κ2) is 8.51. The lowest BCUT2D eigenvalue weighted by Crippen LogP contribution is -2.34. The van der Waals surface area contributed by atoms with Crippen molar-refractivity contribution in [2.24, 2.45) is 11.8 Å². The summed E-state index contributed by atoms with van der Waals surface area (Å²) in [6.07, 6.45) is 3.75. The first-order valence-electron chi connectivity index (χ1n) is 9.97. The fraction of sp³-hybridized carbons (Fsp3) is 0.409. The summed E-state index contributed by atoms with van der Waals surface area (Å²) in [6.45, 7) is 6.10. The number of pyridine rings is 1. The predicted octanol–water partition coefficient (Wildman–Crippen LogP) is 3.08. The van der Waals surface area contributed by atoms with Crippen LogP contribution in [-0.4, -0.2) is 59.3 Å². The van der Waals surface area contributed by atoms with Crippen molar-refractivity contribution in [2.45, 2.75) is 13.3 Å². The van der Waals surface area contributed by atoms with Crippen molar-refractivity contribution in [3.8, 4) is 0 Å². The van der Waals surface area contributed by atoms with E-state index in [9.17, 15) is 9.59 Å². The number of likely N-dealkylation sites (tertiary alicyclic amines) is 2. The Morgan fingerprint density at radius 3 is 2.59 bits per heavy atom. The molecule has 2 saturated heterocycles. The van der Waals surface area contributed by atoms with Gasteiger partial charge < -0.3 is 15.1 Å². The highest BCUT2D eigenvalue weighted by molar-refractivity contribution is 6.31. The molecule has 152 valence electrons. The number of nitrogens with zero attached hydrogens (tertiary/aromatic N) is 3. The topological polar surface area (TPSA) is 65.5 Å². The van der Waals surface area contributed by atoms with E-state index in [1.807, 2.05) is 30.0 Å². The number of fused-ring (bicyclic) bond motifs is 1. The third-order valence-corrected chi connectivity index (χ3v) is 6.28. The van der Waals surface area contributed by atoms with E-state index >= 15 is 0 Å². The molecule has 6 nitrogen and oxygen atoms in total. The number of rotatable bonds is 5. The van der Waals surface area contributed by atoms with E-state index in [1.165, 1.54) is 0 Å².